The summed E-state index contributed by atoms with van der Waals surface area (Å²) < 4.78 is 5.33. The number of rotatable bonds is 1. The van der Waals surface area contributed by atoms with Crippen LogP contribution >= 0.6 is 0 Å². The van der Waals surface area contributed by atoms with E-state index in [0.29, 0.717) is 0 Å². The molecular weight excluding hydrogens is 246 g/mol. The molecule has 1 aromatic rings. The van der Waals surface area contributed by atoms with Crippen molar-refractivity contribution in [3.8, 4) is 0 Å². The molecule has 0 unspecified atom stereocenters. The summed E-state index contributed by atoms with van der Waals surface area (Å²) in [6.07, 6.45) is 0. The monoisotopic (exact) mass is 281 g/mol. The van der Waals surface area contributed by atoms with Crippen LogP contribution in [0.3, 0.4) is 0 Å². The molecule has 0 aromatic heterocycles. The lowest BCUT2D eigenvalue weighted by molar-refractivity contribution is 0.122. The molecule has 0 spiro atoms. The summed E-state index contributed by atoms with van der Waals surface area (Å²) in [7, 11) is 0. The van der Waals surface area contributed by atoms with Gasteiger partial charge >= 0.3 is 0 Å². The highest BCUT2D eigenvalue weighted by atomic mass is 16.5. The Kier molecular flexibility index (Phi) is 15.3. The van der Waals surface area contributed by atoms with Crippen molar-refractivity contribution >= 4 is 5.69 Å². The lowest BCUT2D eigenvalue weighted by atomic mass is 10.1. The standard InChI is InChI=1S/C12H17NO.3C2H6/c1-10-3-4-12(9-11(10)2)13-5-7-14-8-6-13;3*1-2/h3-4,9H,5-8H2,1-2H3;3*1-2H3. The van der Waals surface area contributed by atoms with E-state index in [4.69, 9.17) is 4.74 Å². The van der Waals surface area contributed by atoms with Crippen molar-refractivity contribution in [2.24, 2.45) is 0 Å². The van der Waals surface area contributed by atoms with Crippen molar-refractivity contribution in [2.45, 2.75) is 55.4 Å². The van der Waals surface area contributed by atoms with Crippen LogP contribution in [0.25, 0.3) is 0 Å². The summed E-state index contributed by atoms with van der Waals surface area (Å²) in [5.41, 5.74) is 4.06. The molecule has 1 fully saturated rings. The smallest absolute Gasteiger partial charge is 0.0642 e. The van der Waals surface area contributed by atoms with E-state index in [-0.39, 0.29) is 0 Å². The zero-order valence-corrected chi connectivity index (χ0v) is 14.9. The Balaban J connectivity index is 0. The molecule has 0 saturated carbocycles. The third kappa shape index (κ3) is 7.54. The Morgan fingerprint density at radius 1 is 0.800 bits per heavy atom. The Morgan fingerprint density at radius 3 is 1.75 bits per heavy atom. The highest BCUT2D eigenvalue weighted by molar-refractivity contribution is 5.50. The van der Waals surface area contributed by atoms with Crippen LogP contribution in [0.5, 0.6) is 0 Å². The topological polar surface area (TPSA) is 12.5 Å². The fourth-order valence-electron chi connectivity index (χ4n) is 1.74. The summed E-state index contributed by atoms with van der Waals surface area (Å²) >= 11 is 0. The fraction of sp³-hybridized carbons (Fsp3) is 0.667. The van der Waals surface area contributed by atoms with Crippen LogP contribution in [-0.2, 0) is 4.74 Å². The molecule has 0 bridgehead atoms. The average Bonchev–Trinajstić information content (AvgIpc) is 2.56. The van der Waals surface area contributed by atoms with Gasteiger partial charge in [-0.25, -0.2) is 0 Å². The lowest BCUT2D eigenvalue weighted by Crippen LogP contribution is -2.36. The minimum absolute atomic E-state index is 0.854. The van der Waals surface area contributed by atoms with Crippen molar-refractivity contribution in [1.29, 1.82) is 0 Å². The number of ether oxygens (including phenoxy) is 1. The number of hydrogen-bond donors (Lipinski definition) is 0. The molecule has 1 saturated heterocycles. The Labute approximate surface area is 127 Å². The summed E-state index contributed by atoms with van der Waals surface area (Å²) in [6.45, 7) is 20.1. The first kappa shape index (κ1) is 21.3. The second-order valence-corrected chi connectivity index (χ2v) is 3.87. The Hall–Kier alpha value is -1.02. The van der Waals surface area contributed by atoms with Crippen molar-refractivity contribution in [2.75, 3.05) is 31.2 Å². The van der Waals surface area contributed by atoms with Gasteiger partial charge in [0.1, 0.15) is 0 Å². The zero-order chi connectivity index (χ0) is 16.0. The van der Waals surface area contributed by atoms with Gasteiger partial charge in [-0.2, -0.15) is 0 Å². The molecule has 1 aliphatic rings. The molecule has 1 aliphatic heterocycles. The highest BCUT2D eigenvalue weighted by Gasteiger charge is 2.10. The van der Waals surface area contributed by atoms with Gasteiger partial charge in [-0.1, -0.05) is 47.6 Å². The fourth-order valence-corrected chi connectivity index (χ4v) is 1.74. The molecule has 0 amide bonds. The maximum absolute atomic E-state index is 5.33. The maximum atomic E-state index is 5.33. The molecule has 1 heterocycles. The largest absolute Gasteiger partial charge is 0.378 e. The first-order valence-electron chi connectivity index (χ1n) is 8.17. The van der Waals surface area contributed by atoms with Crippen molar-refractivity contribution in [3.05, 3.63) is 29.3 Å². The quantitative estimate of drug-likeness (QED) is 0.700. The predicted molar refractivity (Wildman–Crippen MR) is 93.0 cm³/mol. The van der Waals surface area contributed by atoms with Gasteiger partial charge in [-0.3, -0.25) is 0 Å². The number of anilines is 1. The van der Waals surface area contributed by atoms with Gasteiger partial charge in [0.25, 0.3) is 0 Å². The summed E-state index contributed by atoms with van der Waals surface area (Å²) in [5, 5.41) is 0. The minimum Gasteiger partial charge on any atom is -0.378 e. The van der Waals surface area contributed by atoms with Gasteiger partial charge in [-0.15, -0.1) is 0 Å². The molecule has 0 atom stereocenters. The van der Waals surface area contributed by atoms with E-state index in [1.165, 1.54) is 16.8 Å². The molecule has 0 N–H and O–H groups in total. The molecule has 0 radical (unpaired) electrons. The predicted octanol–water partition coefficient (Wildman–Crippen LogP) is 5.22. The number of aryl methyl sites for hydroxylation is 2. The molecule has 118 valence electrons. The SMILES string of the molecule is CC.CC.CC.Cc1ccc(N2CCOCC2)cc1C. The molecular formula is C18H35NO. The molecule has 2 rings (SSSR count). The summed E-state index contributed by atoms with van der Waals surface area (Å²) in [4.78, 5) is 2.38. The molecule has 1 aromatic carbocycles. The van der Waals surface area contributed by atoms with Gasteiger partial charge < -0.3 is 9.64 Å². The molecule has 20 heavy (non-hydrogen) atoms. The first-order valence-corrected chi connectivity index (χ1v) is 8.17. The van der Waals surface area contributed by atoms with E-state index in [0.717, 1.165) is 26.3 Å². The Bertz CT molecular complexity index is 317. The van der Waals surface area contributed by atoms with Crippen molar-refractivity contribution < 1.29 is 4.74 Å². The van der Waals surface area contributed by atoms with Crippen LogP contribution in [-0.4, -0.2) is 26.3 Å². The van der Waals surface area contributed by atoms with Crippen molar-refractivity contribution in [3.63, 3.8) is 0 Å². The van der Waals surface area contributed by atoms with Crippen LogP contribution in [0.4, 0.5) is 5.69 Å². The lowest BCUT2D eigenvalue weighted by Gasteiger charge is -2.29. The van der Waals surface area contributed by atoms with E-state index in [1.807, 2.05) is 41.5 Å². The van der Waals surface area contributed by atoms with Gasteiger partial charge in [0.2, 0.25) is 0 Å². The number of benzene rings is 1. The van der Waals surface area contributed by atoms with Crippen LogP contribution in [0, 0.1) is 13.8 Å². The third-order valence-corrected chi connectivity index (χ3v) is 2.87. The van der Waals surface area contributed by atoms with Gasteiger partial charge in [-0.05, 0) is 37.1 Å². The van der Waals surface area contributed by atoms with E-state index in [1.54, 1.807) is 0 Å². The van der Waals surface area contributed by atoms with E-state index >= 15 is 0 Å². The zero-order valence-electron chi connectivity index (χ0n) is 14.9. The average molecular weight is 281 g/mol. The van der Waals surface area contributed by atoms with Gasteiger partial charge in [0.15, 0.2) is 0 Å². The van der Waals surface area contributed by atoms with E-state index < -0.39 is 0 Å². The third-order valence-electron chi connectivity index (χ3n) is 2.87. The maximum Gasteiger partial charge on any atom is 0.0642 e. The summed E-state index contributed by atoms with van der Waals surface area (Å²) in [6, 6.07) is 6.66. The second kappa shape index (κ2) is 14.4. The highest BCUT2D eigenvalue weighted by Crippen LogP contribution is 2.19. The van der Waals surface area contributed by atoms with Crippen molar-refractivity contribution in [1.82, 2.24) is 0 Å². The number of morpholine rings is 1. The molecule has 0 aliphatic carbocycles. The molecule has 2 heteroatoms. The minimum atomic E-state index is 0.854. The number of nitrogens with zero attached hydrogens (tertiary/aromatic N) is 1. The molecule has 2 nitrogen and oxygen atoms in total. The van der Waals surface area contributed by atoms with Crippen LogP contribution < -0.4 is 4.90 Å². The van der Waals surface area contributed by atoms with Gasteiger partial charge in [0, 0.05) is 18.8 Å². The first-order chi connectivity index (χ1) is 9.77. The van der Waals surface area contributed by atoms with Crippen LogP contribution in [0.2, 0.25) is 0 Å². The van der Waals surface area contributed by atoms with Gasteiger partial charge in [0.05, 0.1) is 13.2 Å². The number of hydrogen-bond acceptors (Lipinski definition) is 2. The summed E-state index contributed by atoms with van der Waals surface area (Å²) in [5.74, 6) is 0. The normalized spacial score (nSPS) is 12.9. The van der Waals surface area contributed by atoms with Crippen LogP contribution in [0.15, 0.2) is 18.2 Å². The second-order valence-electron chi connectivity index (χ2n) is 3.87. The Morgan fingerprint density at radius 2 is 1.30 bits per heavy atom. The van der Waals surface area contributed by atoms with E-state index in [2.05, 4.69) is 36.9 Å². The van der Waals surface area contributed by atoms with Crippen LogP contribution in [0.1, 0.15) is 52.7 Å². The van der Waals surface area contributed by atoms with E-state index in [9.17, 15) is 0 Å².